The second kappa shape index (κ2) is 38.4. The summed E-state index contributed by atoms with van der Waals surface area (Å²) in [4.78, 5) is 0. The van der Waals surface area contributed by atoms with Crippen molar-refractivity contribution in [3.8, 4) is 0 Å². The number of rotatable bonds is 11. The molecule has 0 spiro atoms. The summed E-state index contributed by atoms with van der Waals surface area (Å²) >= 11 is 0. The highest BCUT2D eigenvalue weighted by Crippen LogP contribution is 1.91. The first-order chi connectivity index (χ1) is 11.6. The predicted octanol–water partition coefficient (Wildman–Crippen LogP) is 5.73. The molecule has 0 aliphatic carbocycles. The van der Waals surface area contributed by atoms with Gasteiger partial charge in [0, 0.05) is 48.3 Å². The Morgan fingerprint density at radius 1 is 0.583 bits per heavy atom. The van der Waals surface area contributed by atoms with E-state index in [9.17, 15) is 0 Å². The van der Waals surface area contributed by atoms with Crippen LogP contribution in [0.15, 0.2) is 0 Å². The van der Waals surface area contributed by atoms with Crippen LogP contribution in [0.2, 0.25) is 0 Å². The summed E-state index contributed by atoms with van der Waals surface area (Å²) in [7, 11) is 6.92. The minimum Gasteiger partial charge on any atom is -0.385 e. The van der Waals surface area contributed by atoms with Gasteiger partial charge >= 0.3 is 0 Å². The quantitative estimate of drug-likeness (QED) is 0.445. The summed E-state index contributed by atoms with van der Waals surface area (Å²) < 4.78 is 19.2. The van der Waals surface area contributed by atoms with Crippen molar-refractivity contribution in [2.75, 3.05) is 48.3 Å². The van der Waals surface area contributed by atoms with Gasteiger partial charge in [-0.15, -0.1) is 0 Å². The van der Waals surface area contributed by atoms with Crippen LogP contribution in [0.5, 0.6) is 0 Å². The zero-order valence-corrected chi connectivity index (χ0v) is 18.3. The monoisotopic (exact) mass is 352 g/mol. The van der Waals surface area contributed by atoms with Crippen molar-refractivity contribution in [3.05, 3.63) is 0 Å². The van der Waals surface area contributed by atoms with Gasteiger partial charge in [0.2, 0.25) is 0 Å². The minimum absolute atomic E-state index is 0.435. The molecule has 0 fully saturated rings. The van der Waals surface area contributed by atoms with Crippen LogP contribution in [0.3, 0.4) is 0 Å². The molecule has 0 bridgehead atoms. The van der Waals surface area contributed by atoms with Crippen molar-refractivity contribution in [1.82, 2.24) is 0 Å². The summed E-state index contributed by atoms with van der Waals surface area (Å²) in [6.45, 7) is 13.3. The maximum absolute atomic E-state index is 4.90. The molecule has 0 saturated heterocycles. The fraction of sp³-hybridized carbons (Fsp3) is 1.00. The predicted molar refractivity (Wildman–Crippen MR) is 107 cm³/mol. The van der Waals surface area contributed by atoms with Gasteiger partial charge in [-0.1, -0.05) is 47.0 Å². The summed E-state index contributed by atoms with van der Waals surface area (Å²) in [5.74, 6) is 0. The van der Waals surface area contributed by atoms with Crippen molar-refractivity contribution < 1.29 is 18.9 Å². The average Bonchev–Trinajstić information content (AvgIpc) is 2.62. The molecule has 0 rings (SSSR count). The molecule has 152 valence electrons. The molecule has 0 aliphatic heterocycles. The highest BCUT2D eigenvalue weighted by atomic mass is 16.5. The second-order valence-corrected chi connectivity index (χ2v) is 5.49. The van der Waals surface area contributed by atoms with E-state index < -0.39 is 0 Å². The summed E-state index contributed by atoms with van der Waals surface area (Å²) in [5, 5.41) is 0. The lowest BCUT2D eigenvalue weighted by Gasteiger charge is -2.01. The van der Waals surface area contributed by atoms with Crippen LogP contribution < -0.4 is 0 Å². The Morgan fingerprint density at radius 3 is 1.21 bits per heavy atom. The van der Waals surface area contributed by atoms with Gasteiger partial charge in [-0.3, -0.25) is 0 Å². The number of hydrogen-bond donors (Lipinski definition) is 0. The number of unbranched alkanes of at least 4 members (excludes halogenated alkanes) is 3. The third kappa shape index (κ3) is 57.5. The molecule has 0 N–H and O–H groups in total. The lowest BCUT2D eigenvalue weighted by atomic mass is 10.3. The van der Waals surface area contributed by atoms with Gasteiger partial charge in [-0.05, 0) is 32.6 Å². The molecule has 0 aromatic carbocycles. The standard InChI is InChI=1S/C6H14O.2C5H12O.C4H10O/c1-3-4-5-6-7-2;1-4-5(2)6-3;1-3-4-5-6-2;1-3-4-5-2/h3-6H2,1-2H3;5H,4H2,1-3H3;3-5H2,1-2H3;3-4H2,1-2H3. The molecule has 1 unspecified atom stereocenters. The third-order valence-electron chi connectivity index (χ3n) is 3.04. The van der Waals surface area contributed by atoms with E-state index in [4.69, 9.17) is 18.9 Å². The Bertz CT molecular complexity index is 141. The Labute approximate surface area is 153 Å². The Kier molecular flexibility index (Phi) is 50.6. The molecule has 1 atom stereocenters. The SMILES string of the molecule is CCC(C)OC.CCCCCOC.CCCCOC.CCCOC. The van der Waals surface area contributed by atoms with E-state index in [0.717, 1.165) is 32.7 Å². The van der Waals surface area contributed by atoms with Gasteiger partial charge in [0.15, 0.2) is 0 Å². The van der Waals surface area contributed by atoms with E-state index in [1.807, 2.05) is 0 Å². The minimum atomic E-state index is 0.435. The Balaban J connectivity index is -0.000000112. The Hall–Kier alpha value is -0.160. The molecule has 0 aliphatic rings. The number of ether oxygens (including phenoxy) is 4. The lowest BCUT2D eigenvalue weighted by Crippen LogP contribution is -2.00. The maximum atomic E-state index is 4.90. The molecule has 0 amide bonds. The van der Waals surface area contributed by atoms with Crippen LogP contribution in [-0.4, -0.2) is 54.4 Å². The first-order valence-electron chi connectivity index (χ1n) is 9.55. The van der Waals surface area contributed by atoms with E-state index in [1.54, 1.807) is 28.4 Å². The molecule has 0 saturated carbocycles. The van der Waals surface area contributed by atoms with Crippen LogP contribution >= 0.6 is 0 Å². The van der Waals surface area contributed by atoms with Crippen LogP contribution in [0.25, 0.3) is 0 Å². The van der Waals surface area contributed by atoms with Gasteiger partial charge in [0.1, 0.15) is 0 Å². The van der Waals surface area contributed by atoms with E-state index >= 15 is 0 Å². The van der Waals surface area contributed by atoms with Crippen molar-refractivity contribution >= 4 is 0 Å². The zero-order valence-electron chi connectivity index (χ0n) is 18.3. The van der Waals surface area contributed by atoms with Crippen LogP contribution in [0.4, 0.5) is 0 Å². The van der Waals surface area contributed by atoms with Crippen molar-refractivity contribution in [1.29, 1.82) is 0 Å². The molecular formula is C20H48O4. The van der Waals surface area contributed by atoms with Crippen LogP contribution in [0, 0.1) is 0 Å². The third-order valence-corrected chi connectivity index (χ3v) is 3.04. The maximum Gasteiger partial charge on any atom is 0.0540 e. The molecule has 4 heteroatoms. The van der Waals surface area contributed by atoms with Gasteiger partial charge in [-0.25, -0.2) is 0 Å². The smallest absolute Gasteiger partial charge is 0.0540 e. The molecule has 0 aromatic heterocycles. The van der Waals surface area contributed by atoms with Gasteiger partial charge in [-0.2, -0.15) is 0 Å². The highest BCUT2D eigenvalue weighted by Gasteiger charge is 1.88. The summed E-state index contributed by atoms with van der Waals surface area (Å²) in [5.41, 5.74) is 0. The molecule has 0 heterocycles. The molecular weight excluding hydrogens is 304 g/mol. The van der Waals surface area contributed by atoms with E-state index in [2.05, 4.69) is 34.6 Å². The Morgan fingerprint density at radius 2 is 1.04 bits per heavy atom. The van der Waals surface area contributed by atoms with Gasteiger partial charge in [0.05, 0.1) is 6.10 Å². The van der Waals surface area contributed by atoms with Crippen LogP contribution in [-0.2, 0) is 18.9 Å². The van der Waals surface area contributed by atoms with Crippen molar-refractivity contribution in [2.24, 2.45) is 0 Å². The summed E-state index contributed by atoms with van der Waals surface area (Å²) in [6, 6.07) is 0. The first kappa shape index (κ1) is 31.6. The van der Waals surface area contributed by atoms with E-state index in [1.165, 1.54) is 32.1 Å². The molecule has 0 aromatic rings. The normalized spacial score (nSPS) is 10.4. The summed E-state index contributed by atoms with van der Waals surface area (Å²) in [6.07, 6.45) is 8.88. The molecule has 4 nitrogen and oxygen atoms in total. The van der Waals surface area contributed by atoms with E-state index in [0.29, 0.717) is 6.10 Å². The number of methoxy groups -OCH3 is 4. The van der Waals surface area contributed by atoms with E-state index in [-0.39, 0.29) is 0 Å². The topological polar surface area (TPSA) is 36.9 Å². The lowest BCUT2D eigenvalue weighted by molar-refractivity contribution is 0.115. The first-order valence-corrected chi connectivity index (χ1v) is 9.55. The fourth-order valence-corrected chi connectivity index (χ4v) is 1.16. The van der Waals surface area contributed by atoms with Crippen LogP contribution in [0.1, 0.15) is 79.6 Å². The second-order valence-electron chi connectivity index (χ2n) is 5.49. The fourth-order valence-electron chi connectivity index (χ4n) is 1.16. The molecule has 24 heavy (non-hydrogen) atoms. The zero-order chi connectivity index (χ0) is 19.5. The number of hydrogen-bond acceptors (Lipinski definition) is 4. The largest absolute Gasteiger partial charge is 0.385 e. The molecule has 0 radical (unpaired) electrons. The average molecular weight is 353 g/mol. The van der Waals surface area contributed by atoms with Gasteiger partial charge in [0.25, 0.3) is 0 Å². The van der Waals surface area contributed by atoms with Gasteiger partial charge < -0.3 is 18.9 Å². The van der Waals surface area contributed by atoms with Crippen molar-refractivity contribution in [2.45, 2.75) is 85.7 Å². The van der Waals surface area contributed by atoms with Crippen molar-refractivity contribution in [3.63, 3.8) is 0 Å². The highest BCUT2D eigenvalue weighted by molar-refractivity contribution is 4.38.